The van der Waals surface area contributed by atoms with Gasteiger partial charge in [0.2, 0.25) is 11.8 Å². The lowest BCUT2D eigenvalue weighted by molar-refractivity contribution is -0.165. The zero-order chi connectivity index (χ0) is 31.6. The second kappa shape index (κ2) is 15.1. The van der Waals surface area contributed by atoms with Crippen LogP contribution in [-0.2, 0) is 35.1 Å². The molecule has 4 atom stereocenters. The number of nitrogens with one attached hydrogen (secondary N) is 2. The summed E-state index contributed by atoms with van der Waals surface area (Å²) in [6, 6.07) is 14.0. The van der Waals surface area contributed by atoms with E-state index in [1.54, 1.807) is 81.4 Å². The van der Waals surface area contributed by atoms with E-state index in [9.17, 15) is 29.1 Å². The number of benzene rings is 2. The maximum Gasteiger partial charge on any atom is 0.329 e. The molecule has 232 valence electrons. The third-order valence-corrected chi connectivity index (χ3v) is 6.65. The molecule has 0 spiro atoms. The molecular weight excluding hydrogens is 556 g/mol. The molecule has 4 amide bonds. The van der Waals surface area contributed by atoms with E-state index in [1.165, 1.54) is 4.90 Å². The summed E-state index contributed by atoms with van der Waals surface area (Å²) in [5.74, 6) is -3.25. The summed E-state index contributed by atoms with van der Waals surface area (Å²) in [4.78, 5) is 65.4. The first-order valence-corrected chi connectivity index (χ1v) is 14.2. The average molecular weight is 597 g/mol. The Morgan fingerprint density at radius 2 is 1.63 bits per heavy atom. The summed E-state index contributed by atoms with van der Waals surface area (Å²) in [5, 5.41) is 16.3. The molecule has 12 nitrogen and oxygen atoms in total. The monoisotopic (exact) mass is 596 g/mol. The second-order valence-corrected chi connectivity index (χ2v) is 11.4. The van der Waals surface area contributed by atoms with E-state index in [-0.39, 0.29) is 13.0 Å². The van der Waals surface area contributed by atoms with E-state index in [0.717, 1.165) is 0 Å². The van der Waals surface area contributed by atoms with E-state index in [1.807, 2.05) is 0 Å². The van der Waals surface area contributed by atoms with Crippen LogP contribution >= 0.6 is 0 Å². The van der Waals surface area contributed by atoms with Crippen molar-refractivity contribution in [1.29, 1.82) is 0 Å². The van der Waals surface area contributed by atoms with Gasteiger partial charge in [-0.15, -0.1) is 0 Å². The molecule has 43 heavy (non-hydrogen) atoms. The minimum Gasteiger partial charge on any atom is -0.484 e. The predicted molar refractivity (Wildman–Crippen MR) is 156 cm³/mol. The Labute approximate surface area is 250 Å². The van der Waals surface area contributed by atoms with Crippen LogP contribution < -0.4 is 21.1 Å². The molecule has 1 heterocycles. The minimum atomic E-state index is -1.75. The molecule has 2 aromatic rings. The Morgan fingerprint density at radius 3 is 2.23 bits per heavy atom. The van der Waals surface area contributed by atoms with Crippen molar-refractivity contribution < 1.29 is 38.6 Å². The molecule has 5 N–H and O–H groups in total. The van der Waals surface area contributed by atoms with Crippen LogP contribution in [0.25, 0.3) is 0 Å². The van der Waals surface area contributed by atoms with E-state index in [4.69, 9.17) is 15.2 Å². The maximum atomic E-state index is 13.5. The first-order valence-electron chi connectivity index (χ1n) is 14.2. The molecular formula is C31H40N4O8. The van der Waals surface area contributed by atoms with Crippen molar-refractivity contribution in [3.8, 4) is 5.75 Å². The molecule has 1 fully saturated rings. The normalized spacial score (nSPS) is 16.8. The topological polar surface area (TPSA) is 177 Å². The van der Waals surface area contributed by atoms with E-state index in [2.05, 4.69) is 10.6 Å². The highest BCUT2D eigenvalue weighted by Crippen LogP contribution is 2.23. The standard InChI is InChI=1S/C31H40N4O8/c1-31(2,3)43-30(41)24-15-10-16-35(24)29(40)27(38)22(17-20-11-6-4-7-12-20)34-28(39)23(18-25(32)36)33-26(37)19-42-21-13-8-5-9-14-21/h4-9,11-14,22-24,27,38H,10,15-19H2,1-3H3,(H2,32,36)(H,33,37)(H,34,39). The summed E-state index contributed by atoms with van der Waals surface area (Å²) < 4.78 is 10.9. The van der Waals surface area contributed by atoms with Gasteiger partial charge in [-0.2, -0.15) is 0 Å². The highest BCUT2D eigenvalue weighted by atomic mass is 16.6. The molecule has 0 radical (unpaired) electrons. The number of nitrogens with two attached hydrogens (primary N) is 1. The third kappa shape index (κ3) is 10.4. The lowest BCUT2D eigenvalue weighted by Gasteiger charge is -2.32. The maximum absolute atomic E-state index is 13.5. The van der Waals surface area contributed by atoms with Crippen molar-refractivity contribution in [1.82, 2.24) is 15.5 Å². The number of para-hydroxylation sites is 1. The highest BCUT2D eigenvalue weighted by Gasteiger charge is 2.41. The van der Waals surface area contributed by atoms with Gasteiger partial charge in [0, 0.05) is 6.54 Å². The number of hydrogen-bond donors (Lipinski definition) is 4. The smallest absolute Gasteiger partial charge is 0.329 e. The number of rotatable bonds is 13. The van der Waals surface area contributed by atoms with Gasteiger partial charge in [-0.1, -0.05) is 48.5 Å². The van der Waals surface area contributed by atoms with Crippen LogP contribution in [0.5, 0.6) is 5.75 Å². The van der Waals surface area contributed by atoms with Crippen LogP contribution in [0, 0.1) is 0 Å². The van der Waals surface area contributed by atoms with Gasteiger partial charge in [0.25, 0.3) is 11.8 Å². The number of ether oxygens (including phenoxy) is 2. The molecule has 4 unspecified atom stereocenters. The molecule has 0 saturated carbocycles. The van der Waals surface area contributed by atoms with Crippen LogP contribution in [-0.4, -0.2) is 82.6 Å². The Kier molecular flexibility index (Phi) is 11.6. The molecule has 12 heteroatoms. The van der Waals surface area contributed by atoms with Crippen LogP contribution in [0.4, 0.5) is 0 Å². The zero-order valence-electron chi connectivity index (χ0n) is 24.7. The largest absolute Gasteiger partial charge is 0.484 e. The number of primary amides is 1. The highest BCUT2D eigenvalue weighted by molar-refractivity contribution is 5.93. The van der Waals surface area contributed by atoms with Crippen molar-refractivity contribution in [2.24, 2.45) is 5.73 Å². The quantitative estimate of drug-likeness (QED) is 0.246. The average Bonchev–Trinajstić information content (AvgIpc) is 3.45. The van der Waals surface area contributed by atoms with E-state index < -0.39 is 72.5 Å². The molecule has 1 aliphatic heterocycles. The Balaban J connectivity index is 1.76. The van der Waals surface area contributed by atoms with Crippen LogP contribution in [0.3, 0.4) is 0 Å². The number of hydrogen-bond acceptors (Lipinski definition) is 8. The zero-order valence-corrected chi connectivity index (χ0v) is 24.7. The molecule has 0 aromatic heterocycles. The van der Waals surface area contributed by atoms with Gasteiger partial charge in [-0.25, -0.2) is 4.79 Å². The van der Waals surface area contributed by atoms with E-state index >= 15 is 0 Å². The van der Waals surface area contributed by atoms with Crippen molar-refractivity contribution in [3.05, 3.63) is 66.2 Å². The number of carbonyl (C=O) groups is 5. The fourth-order valence-electron chi connectivity index (χ4n) is 4.69. The van der Waals surface area contributed by atoms with Crippen molar-refractivity contribution in [2.75, 3.05) is 13.2 Å². The molecule has 3 rings (SSSR count). The summed E-state index contributed by atoms with van der Waals surface area (Å²) in [7, 11) is 0. The molecule has 1 saturated heterocycles. The summed E-state index contributed by atoms with van der Waals surface area (Å²) >= 11 is 0. The van der Waals surface area contributed by atoms with Gasteiger partial charge in [0.1, 0.15) is 23.4 Å². The first kappa shape index (κ1) is 33.1. The summed E-state index contributed by atoms with van der Waals surface area (Å²) in [6.07, 6.45) is -1.33. The van der Waals surface area contributed by atoms with Crippen LogP contribution in [0.1, 0.15) is 45.6 Å². The number of esters is 1. The third-order valence-electron chi connectivity index (χ3n) is 6.65. The van der Waals surface area contributed by atoms with Gasteiger partial charge in [-0.05, 0) is 57.7 Å². The molecule has 0 bridgehead atoms. The van der Waals surface area contributed by atoms with Crippen LogP contribution in [0.15, 0.2) is 60.7 Å². The summed E-state index contributed by atoms with van der Waals surface area (Å²) in [6.45, 7) is 4.97. The van der Waals surface area contributed by atoms with Crippen LogP contribution in [0.2, 0.25) is 0 Å². The predicted octanol–water partition coefficient (Wildman–Crippen LogP) is 0.847. The van der Waals surface area contributed by atoms with Gasteiger partial charge in [0.15, 0.2) is 12.7 Å². The SMILES string of the molecule is CC(C)(C)OC(=O)C1CCCN1C(=O)C(O)C(Cc1ccccc1)NC(=O)C(CC(N)=O)NC(=O)COc1ccccc1. The number of carbonyl (C=O) groups excluding carboxylic acids is 5. The van der Waals surface area contributed by atoms with Gasteiger partial charge >= 0.3 is 5.97 Å². The second-order valence-electron chi connectivity index (χ2n) is 11.4. The molecule has 2 aromatic carbocycles. The van der Waals surface area contributed by atoms with Crippen molar-refractivity contribution in [2.45, 2.75) is 76.3 Å². The number of amides is 4. The number of aliphatic hydroxyl groups excluding tert-OH is 1. The fraction of sp³-hybridized carbons (Fsp3) is 0.452. The van der Waals surface area contributed by atoms with E-state index in [0.29, 0.717) is 24.2 Å². The first-order chi connectivity index (χ1) is 20.3. The van der Waals surface area contributed by atoms with Crippen molar-refractivity contribution in [3.63, 3.8) is 0 Å². The van der Waals surface area contributed by atoms with Gasteiger partial charge in [-0.3, -0.25) is 19.2 Å². The Morgan fingerprint density at radius 1 is 1.00 bits per heavy atom. The number of likely N-dealkylation sites (tertiary alicyclic amines) is 1. The summed E-state index contributed by atoms with van der Waals surface area (Å²) in [5.41, 5.74) is 5.29. The number of aliphatic hydroxyl groups is 1. The molecule has 1 aliphatic rings. The lowest BCUT2D eigenvalue weighted by Crippen LogP contribution is -2.58. The fourth-order valence-corrected chi connectivity index (χ4v) is 4.69. The van der Waals surface area contributed by atoms with Crippen molar-refractivity contribution >= 4 is 29.6 Å². The molecule has 0 aliphatic carbocycles. The van der Waals surface area contributed by atoms with Gasteiger partial charge in [0.05, 0.1) is 12.5 Å². The van der Waals surface area contributed by atoms with Gasteiger partial charge < -0.3 is 35.8 Å². The Bertz CT molecular complexity index is 1270. The lowest BCUT2D eigenvalue weighted by atomic mass is 9.99. The minimum absolute atomic E-state index is 0.0405. The number of nitrogens with zero attached hydrogens (tertiary/aromatic N) is 1. The Hall–Kier alpha value is -4.45.